The minimum absolute atomic E-state index is 0.0947. The molecule has 0 amide bonds. The highest BCUT2D eigenvalue weighted by Crippen LogP contribution is 2.43. The molecule has 1 heterocycles. The van der Waals surface area contributed by atoms with Crippen LogP contribution in [0.1, 0.15) is 54.0 Å². The summed E-state index contributed by atoms with van der Waals surface area (Å²) in [4.78, 5) is 10.8. The van der Waals surface area contributed by atoms with Crippen molar-refractivity contribution in [1.82, 2.24) is 0 Å². The molecule has 0 aromatic heterocycles. The lowest BCUT2D eigenvalue weighted by atomic mass is 9.92. The lowest BCUT2D eigenvalue weighted by molar-refractivity contribution is -0.137. The summed E-state index contributed by atoms with van der Waals surface area (Å²) >= 11 is 5.68. The van der Waals surface area contributed by atoms with Gasteiger partial charge in [0.1, 0.15) is 5.75 Å². The summed E-state index contributed by atoms with van der Waals surface area (Å²) in [5, 5.41) is 9.67. The molecule has 4 nitrogen and oxygen atoms in total. The number of hydrogen-bond donors (Lipinski definition) is 2. The maximum absolute atomic E-state index is 10.8. The van der Waals surface area contributed by atoms with Crippen LogP contribution < -0.4 is 10.5 Å². The van der Waals surface area contributed by atoms with Gasteiger partial charge < -0.3 is 15.6 Å². The van der Waals surface area contributed by atoms with Crippen LogP contribution in [0.15, 0.2) is 36.4 Å². The fourth-order valence-corrected chi connectivity index (χ4v) is 3.86. The average molecular weight is 374 g/mol. The van der Waals surface area contributed by atoms with Crippen molar-refractivity contribution in [2.24, 2.45) is 5.73 Å². The Morgan fingerprint density at radius 1 is 1.27 bits per heavy atom. The largest absolute Gasteiger partial charge is 0.493 e. The van der Waals surface area contributed by atoms with Gasteiger partial charge in [0.05, 0.1) is 13.0 Å². The van der Waals surface area contributed by atoms with Crippen LogP contribution >= 0.6 is 11.6 Å². The molecule has 2 aromatic carbocycles. The van der Waals surface area contributed by atoms with Crippen molar-refractivity contribution in [3.05, 3.63) is 63.7 Å². The van der Waals surface area contributed by atoms with Gasteiger partial charge in [0.2, 0.25) is 0 Å². The van der Waals surface area contributed by atoms with Crippen molar-refractivity contribution in [3.8, 4) is 5.75 Å². The van der Waals surface area contributed by atoms with Gasteiger partial charge >= 0.3 is 5.97 Å². The van der Waals surface area contributed by atoms with Crippen LogP contribution in [-0.4, -0.2) is 17.7 Å². The minimum Gasteiger partial charge on any atom is -0.493 e. The Balaban J connectivity index is 0.000000170. The Bertz CT molecular complexity index is 787. The first-order valence-corrected chi connectivity index (χ1v) is 9.33. The summed E-state index contributed by atoms with van der Waals surface area (Å²) in [6, 6.07) is 11.8. The molecule has 0 fully saturated rings. The van der Waals surface area contributed by atoms with Gasteiger partial charge in [0.25, 0.3) is 0 Å². The van der Waals surface area contributed by atoms with E-state index in [0.29, 0.717) is 0 Å². The van der Waals surface area contributed by atoms with Gasteiger partial charge in [0.15, 0.2) is 0 Å². The van der Waals surface area contributed by atoms with E-state index in [-0.39, 0.29) is 18.4 Å². The highest BCUT2D eigenvalue weighted by Gasteiger charge is 2.30. The van der Waals surface area contributed by atoms with E-state index < -0.39 is 5.97 Å². The summed E-state index contributed by atoms with van der Waals surface area (Å²) in [5.41, 5.74) is 10.6. The molecule has 3 N–H and O–H groups in total. The predicted octanol–water partition coefficient (Wildman–Crippen LogP) is 4.49. The first-order valence-electron chi connectivity index (χ1n) is 8.96. The van der Waals surface area contributed by atoms with Crippen LogP contribution in [0.3, 0.4) is 0 Å². The van der Waals surface area contributed by atoms with Crippen LogP contribution in [0.25, 0.3) is 0 Å². The van der Waals surface area contributed by atoms with E-state index >= 15 is 0 Å². The normalized spacial score (nSPS) is 18.2. The number of carbonyl (C=O) groups is 1. The quantitative estimate of drug-likeness (QED) is 0.831. The van der Waals surface area contributed by atoms with Crippen molar-refractivity contribution in [1.29, 1.82) is 0 Å². The minimum atomic E-state index is -0.700. The highest BCUT2D eigenvalue weighted by atomic mass is 35.5. The lowest BCUT2D eigenvalue weighted by Gasteiger charge is -2.12. The van der Waals surface area contributed by atoms with Crippen molar-refractivity contribution in [2.45, 2.75) is 44.6 Å². The number of aliphatic carboxylic acids is 1. The number of aryl methyl sites for hydroxylation is 1. The molecule has 26 heavy (non-hydrogen) atoms. The van der Waals surface area contributed by atoms with Gasteiger partial charge in [-0.25, -0.2) is 0 Å². The maximum Gasteiger partial charge on any atom is 0.303 e. The second kappa shape index (κ2) is 8.11. The standard InChI is InChI=1S/C13H14O3.C8H10ClN/c14-12(15)7-9-2-1-8-3-4-11-10(13(8)9)5-6-16-11;1-6(10)7-2-4-8(9)5-3-7/h3-4,9H,1-2,5-7H2,(H,14,15);2-6H,10H2,1H3/t9-;6-/m10/s1. The Hall–Kier alpha value is -2.04. The van der Waals surface area contributed by atoms with E-state index in [4.69, 9.17) is 27.2 Å². The second-order valence-corrected chi connectivity index (χ2v) is 7.32. The lowest BCUT2D eigenvalue weighted by Crippen LogP contribution is -2.05. The van der Waals surface area contributed by atoms with Crippen molar-refractivity contribution in [3.63, 3.8) is 0 Å². The summed E-state index contributed by atoms with van der Waals surface area (Å²) in [6.45, 7) is 2.69. The molecule has 0 bridgehead atoms. The topological polar surface area (TPSA) is 72.6 Å². The molecule has 0 spiro atoms. The van der Waals surface area contributed by atoms with Crippen molar-refractivity contribution in [2.75, 3.05) is 6.61 Å². The molecule has 2 aliphatic rings. The number of halogens is 1. The Kier molecular flexibility index (Phi) is 5.84. The monoisotopic (exact) mass is 373 g/mol. The van der Waals surface area contributed by atoms with Gasteiger partial charge in [-0.15, -0.1) is 0 Å². The number of fused-ring (bicyclic) bond motifs is 3. The molecule has 2 atom stereocenters. The van der Waals surface area contributed by atoms with Crippen molar-refractivity contribution >= 4 is 17.6 Å². The zero-order valence-corrected chi connectivity index (χ0v) is 15.6. The first kappa shape index (κ1) is 18.7. The molecule has 1 aliphatic carbocycles. The van der Waals surface area contributed by atoms with Crippen LogP contribution in [-0.2, 0) is 17.6 Å². The van der Waals surface area contributed by atoms with E-state index in [1.807, 2.05) is 37.3 Å². The van der Waals surface area contributed by atoms with Gasteiger partial charge in [-0.3, -0.25) is 4.79 Å². The molecular weight excluding hydrogens is 350 g/mol. The summed E-state index contributed by atoms with van der Waals surface area (Å²) in [7, 11) is 0. The van der Waals surface area contributed by atoms with Crippen LogP contribution in [0.2, 0.25) is 5.02 Å². The maximum atomic E-state index is 10.8. The summed E-state index contributed by atoms with van der Waals surface area (Å²) < 4.78 is 5.53. The Morgan fingerprint density at radius 2 is 2.00 bits per heavy atom. The number of carboxylic acids is 1. The average Bonchev–Trinajstić information content (AvgIpc) is 3.21. The highest BCUT2D eigenvalue weighted by molar-refractivity contribution is 6.30. The van der Waals surface area contributed by atoms with E-state index in [1.165, 1.54) is 16.7 Å². The molecule has 0 unspecified atom stereocenters. The van der Waals surface area contributed by atoms with Crippen molar-refractivity contribution < 1.29 is 14.6 Å². The zero-order valence-electron chi connectivity index (χ0n) is 14.9. The molecule has 138 valence electrons. The van der Waals surface area contributed by atoms with Gasteiger partial charge in [-0.1, -0.05) is 29.8 Å². The van der Waals surface area contributed by atoms with E-state index in [1.54, 1.807) is 0 Å². The number of hydrogen-bond acceptors (Lipinski definition) is 3. The fraction of sp³-hybridized carbons (Fsp3) is 0.381. The number of ether oxygens (including phenoxy) is 1. The second-order valence-electron chi connectivity index (χ2n) is 6.89. The zero-order chi connectivity index (χ0) is 18.7. The molecular formula is C21H24ClNO3. The molecule has 0 saturated heterocycles. The predicted molar refractivity (Wildman–Crippen MR) is 103 cm³/mol. The Labute approximate surface area is 158 Å². The number of nitrogens with two attached hydrogens (primary N) is 1. The summed E-state index contributed by atoms with van der Waals surface area (Å²) in [5.74, 6) is 0.467. The molecule has 0 saturated carbocycles. The molecule has 5 heteroatoms. The smallest absolute Gasteiger partial charge is 0.303 e. The number of carboxylic acid groups (broad SMARTS) is 1. The third-order valence-corrected chi connectivity index (χ3v) is 5.25. The molecule has 1 aliphatic heterocycles. The van der Waals surface area contributed by atoms with Crippen LogP contribution in [0.4, 0.5) is 0 Å². The van der Waals surface area contributed by atoms with E-state index in [0.717, 1.165) is 42.2 Å². The van der Waals surface area contributed by atoms with Crippen LogP contribution in [0.5, 0.6) is 5.75 Å². The first-order chi connectivity index (χ1) is 12.5. The van der Waals surface area contributed by atoms with E-state index in [9.17, 15) is 4.79 Å². The van der Waals surface area contributed by atoms with Gasteiger partial charge in [0, 0.05) is 23.0 Å². The van der Waals surface area contributed by atoms with Gasteiger partial charge in [-0.2, -0.15) is 0 Å². The fourth-order valence-electron chi connectivity index (χ4n) is 3.73. The third-order valence-electron chi connectivity index (χ3n) is 5.00. The number of rotatable bonds is 3. The summed E-state index contributed by atoms with van der Waals surface area (Å²) in [6.07, 6.45) is 3.18. The number of benzene rings is 2. The molecule has 0 radical (unpaired) electrons. The SMILES string of the molecule is C[C@H](N)c1ccc(Cl)cc1.O=C(O)C[C@H]1CCc2ccc3c(c21)CCO3. The van der Waals surface area contributed by atoms with E-state index in [2.05, 4.69) is 6.07 Å². The van der Waals surface area contributed by atoms with Gasteiger partial charge in [-0.05, 0) is 60.6 Å². The molecule has 2 aromatic rings. The Morgan fingerprint density at radius 3 is 2.65 bits per heavy atom. The van der Waals surface area contributed by atoms with Crippen LogP contribution in [0, 0.1) is 0 Å². The third kappa shape index (κ3) is 4.19. The molecule has 4 rings (SSSR count).